The Morgan fingerprint density at radius 2 is 1.57 bits per heavy atom. The molecule has 2 N–H and O–H groups in total. The lowest BCUT2D eigenvalue weighted by molar-refractivity contribution is 0.0652. The van der Waals surface area contributed by atoms with Crippen LogP contribution in [-0.4, -0.2) is 48.1 Å². The number of halogens is 1. The number of benzene rings is 1. The minimum absolute atomic E-state index is 0.0330. The zero-order chi connectivity index (χ0) is 15.4. The molecule has 1 aromatic carbocycles. The third-order valence-electron chi connectivity index (χ3n) is 4.67. The lowest BCUT2D eigenvalue weighted by atomic mass is 9.98. The first-order valence-corrected chi connectivity index (χ1v) is 8.02. The summed E-state index contributed by atoms with van der Waals surface area (Å²) in [5, 5.41) is 0. The highest BCUT2D eigenvalue weighted by Gasteiger charge is 2.28. The number of piperazine rings is 1. The minimum atomic E-state index is -0.191. The van der Waals surface area contributed by atoms with E-state index in [0.29, 0.717) is 6.04 Å². The maximum Gasteiger partial charge on any atom is 0.123 e. The molecule has 1 aliphatic rings. The fourth-order valence-electron chi connectivity index (χ4n) is 3.22. The zero-order valence-electron chi connectivity index (χ0n) is 13.4. The number of nitrogens with zero attached hydrogens (tertiary/aromatic N) is 2. The standard InChI is InChI=1S/C17H28FN3/c1-4-13(2)20-9-11-21(12-10-20)17(14(3)19)15-5-7-16(18)8-6-15/h5-8,13-14,17H,4,9-12,19H2,1-3H3. The maximum atomic E-state index is 13.1. The molecule has 4 heteroatoms. The number of hydrogen-bond donors (Lipinski definition) is 1. The van der Waals surface area contributed by atoms with Gasteiger partial charge in [-0.1, -0.05) is 19.1 Å². The molecule has 0 spiro atoms. The van der Waals surface area contributed by atoms with Crippen LogP contribution in [0.5, 0.6) is 0 Å². The quantitative estimate of drug-likeness (QED) is 0.906. The Morgan fingerprint density at radius 1 is 1.05 bits per heavy atom. The molecule has 2 rings (SSSR count). The topological polar surface area (TPSA) is 32.5 Å². The first kappa shape index (κ1) is 16.4. The Balaban J connectivity index is 2.05. The minimum Gasteiger partial charge on any atom is -0.326 e. The van der Waals surface area contributed by atoms with Crippen LogP contribution in [-0.2, 0) is 0 Å². The molecule has 0 aliphatic carbocycles. The Kier molecular flexibility index (Phi) is 5.73. The van der Waals surface area contributed by atoms with Gasteiger partial charge in [-0.15, -0.1) is 0 Å². The average molecular weight is 293 g/mol. The van der Waals surface area contributed by atoms with E-state index in [4.69, 9.17) is 5.73 Å². The van der Waals surface area contributed by atoms with Gasteiger partial charge >= 0.3 is 0 Å². The molecule has 1 fully saturated rings. The van der Waals surface area contributed by atoms with Gasteiger partial charge in [0.25, 0.3) is 0 Å². The van der Waals surface area contributed by atoms with Crippen LogP contribution in [0.15, 0.2) is 24.3 Å². The lowest BCUT2D eigenvalue weighted by Crippen LogP contribution is -2.52. The van der Waals surface area contributed by atoms with Gasteiger partial charge in [-0.3, -0.25) is 9.80 Å². The van der Waals surface area contributed by atoms with Gasteiger partial charge in [0.05, 0.1) is 0 Å². The molecule has 0 radical (unpaired) electrons. The SMILES string of the molecule is CCC(C)N1CCN(C(c2ccc(F)cc2)C(C)N)CC1. The van der Waals surface area contributed by atoms with Crippen LogP contribution in [0.2, 0.25) is 0 Å². The molecule has 0 bridgehead atoms. The molecule has 3 atom stereocenters. The second-order valence-electron chi connectivity index (χ2n) is 6.18. The molecule has 21 heavy (non-hydrogen) atoms. The van der Waals surface area contributed by atoms with E-state index in [-0.39, 0.29) is 17.9 Å². The number of hydrogen-bond acceptors (Lipinski definition) is 3. The zero-order valence-corrected chi connectivity index (χ0v) is 13.4. The molecule has 0 aromatic heterocycles. The molecule has 1 saturated heterocycles. The van der Waals surface area contributed by atoms with Crippen molar-refractivity contribution in [3.8, 4) is 0 Å². The van der Waals surface area contributed by atoms with E-state index in [9.17, 15) is 4.39 Å². The van der Waals surface area contributed by atoms with Gasteiger partial charge in [0.15, 0.2) is 0 Å². The van der Waals surface area contributed by atoms with Gasteiger partial charge in [0.2, 0.25) is 0 Å². The van der Waals surface area contributed by atoms with Crippen molar-refractivity contribution in [1.82, 2.24) is 9.80 Å². The van der Waals surface area contributed by atoms with Crippen LogP contribution in [0, 0.1) is 5.82 Å². The summed E-state index contributed by atoms with van der Waals surface area (Å²) in [7, 11) is 0. The molecule has 1 aliphatic heterocycles. The van der Waals surface area contributed by atoms with Crippen molar-refractivity contribution in [3.63, 3.8) is 0 Å². The van der Waals surface area contributed by atoms with Crippen LogP contribution >= 0.6 is 0 Å². The van der Waals surface area contributed by atoms with Crippen LogP contribution < -0.4 is 5.73 Å². The molecule has 118 valence electrons. The fourth-order valence-corrected chi connectivity index (χ4v) is 3.22. The van der Waals surface area contributed by atoms with E-state index in [2.05, 4.69) is 23.6 Å². The van der Waals surface area contributed by atoms with E-state index < -0.39 is 0 Å². The van der Waals surface area contributed by atoms with E-state index in [0.717, 1.165) is 31.7 Å². The van der Waals surface area contributed by atoms with E-state index in [1.54, 1.807) is 0 Å². The van der Waals surface area contributed by atoms with E-state index in [1.165, 1.54) is 18.6 Å². The first-order valence-electron chi connectivity index (χ1n) is 8.02. The van der Waals surface area contributed by atoms with Crippen LogP contribution in [0.1, 0.15) is 38.8 Å². The highest BCUT2D eigenvalue weighted by Crippen LogP contribution is 2.25. The van der Waals surface area contributed by atoms with Gasteiger partial charge in [0, 0.05) is 44.3 Å². The molecular formula is C17H28FN3. The fraction of sp³-hybridized carbons (Fsp3) is 0.647. The summed E-state index contributed by atoms with van der Waals surface area (Å²) in [6, 6.07) is 7.64. The largest absolute Gasteiger partial charge is 0.326 e. The molecule has 0 saturated carbocycles. The first-order chi connectivity index (χ1) is 10.0. The maximum absolute atomic E-state index is 13.1. The Labute approximate surface area is 127 Å². The van der Waals surface area contributed by atoms with Crippen molar-refractivity contribution >= 4 is 0 Å². The second-order valence-corrected chi connectivity index (χ2v) is 6.18. The Morgan fingerprint density at radius 3 is 2.05 bits per heavy atom. The van der Waals surface area contributed by atoms with Crippen molar-refractivity contribution in [2.45, 2.75) is 45.3 Å². The normalized spacial score (nSPS) is 22.0. The van der Waals surface area contributed by atoms with Gasteiger partial charge in [0.1, 0.15) is 5.82 Å². The monoisotopic (exact) mass is 293 g/mol. The van der Waals surface area contributed by atoms with Crippen molar-refractivity contribution in [3.05, 3.63) is 35.6 Å². The van der Waals surface area contributed by atoms with Crippen molar-refractivity contribution < 1.29 is 4.39 Å². The summed E-state index contributed by atoms with van der Waals surface area (Å²) in [4.78, 5) is 4.98. The summed E-state index contributed by atoms with van der Waals surface area (Å²) in [6.07, 6.45) is 1.19. The van der Waals surface area contributed by atoms with Crippen LogP contribution in [0.4, 0.5) is 4.39 Å². The van der Waals surface area contributed by atoms with Crippen molar-refractivity contribution in [2.75, 3.05) is 26.2 Å². The lowest BCUT2D eigenvalue weighted by Gasteiger charge is -2.42. The summed E-state index contributed by atoms with van der Waals surface area (Å²) >= 11 is 0. The highest BCUT2D eigenvalue weighted by molar-refractivity contribution is 5.21. The molecule has 0 amide bonds. The molecular weight excluding hydrogens is 265 g/mol. The van der Waals surface area contributed by atoms with Crippen LogP contribution in [0.3, 0.4) is 0 Å². The van der Waals surface area contributed by atoms with Gasteiger partial charge in [-0.2, -0.15) is 0 Å². The van der Waals surface area contributed by atoms with E-state index >= 15 is 0 Å². The second kappa shape index (κ2) is 7.34. The van der Waals surface area contributed by atoms with Gasteiger partial charge in [-0.25, -0.2) is 4.39 Å². The van der Waals surface area contributed by atoms with E-state index in [1.807, 2.05) is 19.1 Å². The number of rotatable bonds is 5. The molecule has 3 unspecified atom stereocenters. The summed E-state index contributed by atoms with van der Waals surface area (Å²) < 4.78 is 13.1. The summed E-state index contributed by atoms with van der Waals surface area (Å²) in [5.41, 5.74) is 7.32. The number of nitrogens with two attached hydrogens (primary N) is 1. The average Bonchev–Trinajstić information content (AvgIpc) is 2.49. The van der Waals surface area contributed by atoms with Crippen molar-refractivity contribution in [1.29, 1.82) is 0 Å². The summed E-state index contributed by atoms with van der Waals surface area (Å²) in [6.45, 7) is 10.8. The Hall–Kier alpha value is -0.970. The third kappa shape index (κ3) is 4.02. The predicted octanol–water partition coefficient (Wildman–Crippen LogP) is 2.63. The smallest absolute Gasteiger partial charge is 0.123 e. The molecule has 1 heterocycles. The van der Waals surface area contributed by atoms with Crippen molar-refractivity contribution in [2.24, 2.45) is 5.73 Å². The van der Waals surface area contributed by atoms with Gasteiger partial charge in [-0.05, 0) is 38.0 Å². The van der Waals surface area contributed by atoms with Gasteiger partial charge < -0.3 is 5.73 Å². The third-order valence-corrected chi connectivity index (χ3v) is 4.67. The Bertz CT molecular complexity index is 424. The van der Waals surface area contributed by atoms with Crippen LogP contribution in [0.25, 0.3) is 0 Å². The molecule has 3 nitrogen and oxygen atoms in total. The predicted molar refractivity (Wildman–Crippen MR) is 85.7 cm³/mol. The summed E-state index contributed by atoms with van der Waals surface area (Å²) in [5.74, 6) is -0.191. The molecule has 1 aromatic rings. The highest BCUT2D eigenvalue weighted by atomic mass is 19.1.